The molecule has 1 heterocycles. The number of rotatable bonds is 5. The molecule has 1 aliphatic carbocycles. The Bertz CT molecular complexity index is 339. The van der Waals surface area contributed by atoms with Crippen molar-refractivity contribution in [1.82, 2.24) is 9.97 Å². The maximum atomic E-state index is 9.14. The van der Waals surface area contributed by atoms with Crippen LogP contribution < -0.4 is 10.1 Å². The monoisotopic (exact) mass is 209 g/mol. The van der Waals surface area contributed by atoms with E-state index in [1.165, 1.54) is 6.33 Å². The smallest absolute Gasteiger partial charge is 0.218 e. The fraction of sp³-hybridized carbons (Fsp3) is 0.600. The number of aromatic nitrogens is 2. The molecule has 2 N–H and O–H groups in total. The molecule has 1 saturated carbocycles. The molecular weight excluding hydrogens is 194 g/mol. The van der Waals surface area contributed by atoms with Crippen molar-refractivity contribution in [1.29, 1.82) is 0 Å². The van der Waals surface area contributed by atoms with Gasteiger partial charge in [0.2, 0.25) is 5.88 Å². The first-order chi connectivity index (χ1) is 7.28. The third-order valence-corrected chi connectivity index (χ3v) is 2.79. The highest BCUT2D eigenvalue weighted by Gasteiger charge is 2.41. The predicted octanol–water partition coefficient (Wildman–Crippen LogP) is 0.670. The van der Waals surface area contributed by atoms with E-state index in [4.69, 9.17) is 9.84 Å². The van der Waals surface area contributed by atoms with Gasteiger partial charge in [-0.2, -0.15) is 0 Å². The molecule has 0 saturated heterocycles. The molecule has 0 radical (unpaired) electrons. The highest BCUT2D eigenvalue weighted by Crippen LogP contribution is 2.44. The number of nitrogens with one attached hydrogen (secondary N) is 1. The van der Waals surface area contributed by atoms with Crippen molar-refractivity contribution in [2.75, 3.05) is 25.6 Å². The zero-order valence-electron chi connectivity index (χ0n) is 8.73. The van der Waals surface area contributed by atoms with Gasteiger partial charge in [0.15, 0.2) is 0 Å². The molecule has 15 heavy (non-hydrogen) atoms. The standard InChI is InChI=1S/C10H15N3O2/c1-15-9-4-8(12-7-13-9)11-5-10(6-14)2-3-10/h4,7,14H,2-3,5-6H2,1H3,(H,11,12,13). The topological polar surface area (TPSA) is 67.3 Å². The number of anilines is 1. The van der Waals surface area contributed by atoms with E-state index < -0.39 is 0 Å². The van der Waals surface area contributed by atoms with Crippen LogP contribution in [-0.2, 0) is 0 Å². The molecule has 82 valence electrons. The molecule has 0 unspecified atom stereocenters. The summed E-state index contributed by atoms with van der Waals surface area (Å²) in [4.78, 5) is 7.98. The normalized spacial score (nSPS) is 17.2. The number of hydrogen-bond donors (Lipinski definition) is 2. The second-order valence-electron chi connectivity index (χ2n) is 3.96. The Labute approximate surface area is 88.5 Å². The van der Waals surface area contributed by atoms with Crippen molar-refractivity contribution in [2.45, 2.75) is 12.8 Å². The second-order valence-corrected chi connectivity index (χ2v) is 3.96. The van der Waals surface area contributed by atoms with Gasteiger partial charge < -0.3 is 15.2 Å². The maximum absolute atomic E-state index is 9.14. The molecular formula is C10H15N3O2. The van der Waals surface area contributed by atoms with E-state index in [0.29, 0.717) is 5.88 Å². The van der Waals surface area contributed by atoms with Crippen LogP contribution in [0.4, 0.5) is 5.82 Å². The highest BCUT2D eigenvalue weighted by atomic mass is 16.5. The summed E-state index contributed by atoms with van der Waals surface area (Å²) in [6, 6.07) is 1.74. The van der Waals surface area contributed by atoms with Crippen LogP contribution in [0.3, 0.4) is 0 Å². The fourth-order valence-electron chi connectivity index (χ4n) is 1.39. The van der Waals surface area contributed by atoms with Crippen molar-refractivity contribution in [3.63, 3.8) is 0 Å². The van der Waals surface area contributed by atoms with Crippen molar-refractivity contribution in [3.8, 4) is 5.88 Å². The average molecular weight is 209 g/mol. The highest BCUT2D eigenvalue weighted by molar-refractivity contribution is 5.37. The summed E-state index contributed by atoms with van der Waals surface area (Å²) >= 11 is 0. The number of nitrogens with zero attached hydrogens (tertiary/aromatic N) is 2. The van der Waals surface area contributed by atoms with Crippen LogP contribution in [0.2, 0.25) is 0 Å². The summed E-state index contributed by atoms with van der Waals surface area (Å²) in [6.45, 7) is 0.992. The summed E-state index contributed by atoms with van der Waals surface area (Å²) in [7, 11) is 1.57. The summed E-state index contributed by atoms with van der Waals surface area (Å²) in [6.07, 6.45) is 3.62. The molecule has 0 atom stereocenters. The van der Waals surface area contributed by atoms with Crippen molar-refractivity contribution in [2.24, 2.45) is 5.41 Å². The third-order valence-electron chi connectivity index (χ3n) is 2.79. The summed E-state index contributed by atoms with van der Waals surface area (Å²) < 4.78 is 4.99. The molecule has 5 nitrogen and oxygen atoms in total. The Balaban J connectivity index is 1.93. The summed E-state index contributed by atoms with van der Waals surface area (Å²) in [5.74, 6) is 1.28. The second kappa shape index (κ2) is 4.02. The first-order valence-corrected chi connectivity index (χ1v) is 4.99. The van der Waals surface area contributed by atoms with Crippen LogP contribution >= 0.6 is 0 Å². The minimum atomic E-state index is 0.0815. The largest absolute Gasteiger partial charge is 0.481 e. The van der Waals surface area contributed by atoms with E-state index in [2.05, 4.69) is 15.3 Å². The van der Waals surface area contributed by atoms with Crippen molar-refractivity contribution >= 4 is 5.82 Å². The third kappa shape index (κ3) is 2.36. The average Bonchev–Trinajstić information content (AvgIpc) is 3.07. The quantitative estimate of drug-likeness (QED) is 0.746. The summed E-state index contributed by atoms with van der Waals surface area (Å²) in [5.41, 5.74) is 0.0815. The minimum absolute atomic E-state index is 0.0815. The van der Waals surface area contributed by atoms with E-state index in [9.17, 15) is 0 Å². The van der Waals surface area contributed by atoms with E-state index in [0.717, 1.165) is 25.2 Å². The molecule has 0 spiro atoms. The van der Waals surface area contributed by atoms with Crippen molar-refractivity contribution < 1.29 is 9.84 Å². The summed E-state index contributed by atoms with van der Waals surface area (Å²) in [5, 5.41) is 12.3. The number of ether oxygens (including phenoxy) is 1. The van der Waals surface area contributed by atoms with Gasteiger partial charge in [-0.25, -0.2) is 9.97 Å². The Morgan fingerprint density at radius 3 is 2.93 bits per heavy atom. The Morgan fingerprint density at radius 1 is 1.53 bits per heavy atom. The van der Waals surface area contributed by atoms with Gasteiger partial charge in [-0.15, -0.1) is 0 Å². The number of aliphatic hydroxyl groups excluding tert-OH is 1. The van der Waals surface area contributed by atoms with Crippen LogP contribution in [0.15, 0.2) is 12.4 Å². The van der Waals surface area contributed by atoms with Crippen LogP contribution in [0.5, 0.6) is 5.88 Å². The lowest BCUT2D eigenvalue weighted by atomic mass is 10.1. The number of methoxy groups -OCH3 is 1. The lowest BCUT2D eigenvalue weighted by Crippen LogP contribution is -2.19. The lowest BCUT2D eigenvalue weighted by Gasteiger charge is -2.13. The van der Waals surface area contributed by atoms with Crippen LogP contribution in [0.1, 0.15) is 12.8 Å². The van der Waals surface area contributed by atoms with E-state index in [1.807, 2.05) is 0 Å². The molecule has 0 amide bonds. The molecule has 1 aromatic heterocycles. The zero-order chi connectivity index (χ0) is 10.7. The SMILES string of the molecule is COc1cc(NCC2(CO)CC2)ncn1. The van der Waals surface area contributed by atoms with Gasteiger partial charge >= 0.3 is 0 Å². The minimum Gasteiger partial charge on any atom is -0.481 e. The van der Waals surface area contributed by atoms with Gasteiger partial charge in [0, 0.05) is 18.0 Å². The van der Waals surface area contributed by atoms with E-state index in [1.54, 1.807) is 13.2 Å². The maximum Gasteiger partial charge on any atom is 0.218 e. The predicted molar refractivity (Wildman–Crippen MR) is 55.8 cm³/mol. The first-order valence-electron chi connectivity index (χ1n) is 4.99. The Morgan fingerprint density at radius 2 is 2.33 bits per heavy atom. The molecule has 2 rings (SSSR count). The van der Waals surface area contributed by atoms with Crippen molar-refractivity contribution in [3.05, 3.63) is 12.4 Å². The van der Waals surface area contributed by atoms with Gasteiger partial charge in [-0.3, -0.25) is 0 Å². The van der Waals surface area contributed by atoms with E-state index >= 15 is 0 Å². The van der Waals surface area contributed by atoms with Crippen LogP contribution in [0, 0.1) is 5.41 Å². The molecule has 0 aliphatic heterocycles. The van der Waals surface area contributed by atoms with Gasteiger partial charge in [0.05, 0.1) is 13.7 Å². The van der Waals surface area contributed by atoms with Crippen LogP contribution in [0.25, 0.3) is 0 Å². The molecule has 1 fully saturated rings. The Kier molecular flexibility index (Phi) is 2.73. The zero-order valence-corrected chi connectivity index (χ0v) is 8.73. The van der Waals surface area contributed by atoms with E-state index in [-0.39, 0.29) is 12.0 Å². The molecule has 1 aliphatic rings. The van der Waals surface area contributed by atoms with Crippen LogP contribution in [-0.4, -0.2) is 35.3 Å². The number of aliphatic hydroxyl groups is 1. The van der Waals surface area contributed by atoms with Gasteiger partial charge in [-0.05, 0) is 12.8 Å². The number of hydrogen-bond acceptors (Lipinski definition) is 5. The Hall–Kier alpha value is -1.36. The molecule has 1 aromatic rings. The lowest BCUT2D eigenvalue weighted by molar-refractivity contribution is 0.219. The molecule has 0 bridgehead atoms. The molecule has 0 aromatic carbocycles. The van der Waals surface area contributed by atoms with Gasteiger partial charge in [0.25, 0.3) is 0 Å². The molecule has 5 heteroatoms. The van der Waals surface area contributed by atoms with Gasteiger partial charge in [-0.1, -0.05) is 0 Å². The first kappa shape index (κ1) is 10.2. The van der Waals surface area contributed by atoms with Gasteiger partial charge in [0.1, 0.15) is 12.1 Å². The fourth-order valence-corrected chi connectivity index (χ4v) is 1.39.